The normalized spacial score (nSPS) is 10.4. The van der Waals surface area contributed by atoms with Crippen molar-refractivity contribution in [3.63, 3.8) is 0 Å². The van der Waals surface area contributed by atoms with E-state index in [1.54, 1.807) is 18.3 Å². The molecule has 0 unspecified atom stereocenters. The van der Waals surface area contributed by atoms with Crippen LogP contribution >= 0.6 is 0 Å². The molecule has 4 nitrogen and oxygen atoms in total. The molecule has 2 rings (SSSR count). The minimum absolute atomic E-state index is 0.168. The van der Waals surface area contributed by atoms with E-state index in [2.05, 4.69) is 24.1 Å². The highest BCUT2D eigenvalue weighted by Crippen LogP contribution is 2.24. The predicted molar refractivity (Wildman–Crippen MR) is 79.3 cm³/mol. The first-order valence-electron chi connectivity index (χ1n) is 6.52. The molecule has 0 spiro atoms. The average Bonchev–Trinajstić information content (AvgIpc) is 2.47. The van der Waals surface area contributed by atoms with Crippen LogP contribution in [0, 0.1) is 0 Å². The summed E-state index contributed by atoms with van der Waals surface area (Å²) in [5.41, 5.74) is 2.47. The number of hydrogen-bond acceptors (Lipinski definition) is 3. The second-order valence-electron chi connectivity index (χ2n) is 4.78. The molecule has 0 saturated heterocycles. The number of anilines is 1. The summed E-state index contributed by atoms with van der Waals surface area (Å²) in [6.07, 6.45) is 1.56. The summed E-state index contributed by atoms with van der Waals surface area (Å²) >= 11 is 0. The summed E-state index contributed by atoms with van der Waals surface area (Å²) in [7, 11) is 1.53. The summed E-state index contributed by atoms with van der Waals surface area (Å²) < 4.78 is 5.03. The van der Waals surface area contributed by atoms with Crippen LogP contribution in [0.4, 0.5) is 5.69 Å². The number of pyridine rings is 1. The Kier molecular flexibility index (Phi) is 4.35. The zero-order chi connectivity index (χ0) is 14.5. The maximum absolute atomic E-state index is 12.3. The van der Waals surface area contributed by atoms with E-state index in [0.29, 0.717) is 17.4 Å². The van der Waals surface area contributed by atoms with Gasteiger partial charge in [0.25, 0.3) is 5.91 Å². The van der Waals surface area contributed by atoms with Crippen LogP contribution in [0.3, 0.4) is 0 Å². The van der Waals surface area contributed by atoms with Gasteiger partial charge in [0, 0.05) is 23.5 Å². The third kappa shape index (κ3) is 3.15. The summed E-state index contributed by atoms with van der Waals surface area (Å²) in [6, 6.07) is 11.1. The highest BCUT2D eigenvalue weighted by Gasteiger charge is 2.11. The third-order valence-electron chi connectivity index (χ3n) is 3.04. The SMILES string of the molecule is COc1cc(C(=O)Nc2ccccc2C(C)C)ccn1. The molecule has 0 aliphatic heterocycles. The molecule has 1 aromatic heterocycles. The lowest BCUT2D eigenvalue weighted by Gasteiger charge is -2.13. The molecular formula is C16H18N2O2. The molecule has 1 N–H and O–H groups in total. The number of amides is 1. The lowest BCUT2D eigenvalue weighted by atomic mass is 10.0. The minimum Gasteiger partial charge on any atom is -0.481 e. The molecule has 1 aromatic carbocycles. The molecule has 20 heavy (non-hydrogen) atoms. The van der Waals surface area contributed by atoms with Crippen molar-refractivity contribution in [2.45, 2.75) is 19.8 Å². The van der Waals surface area contributed by atoms with Gasteiger partial charge in [0.05, 0.1) is 7.11 Å². The van der Waals surface area contributed by atoms with Crippen LogP contribution in [0.1, 0.15) is 35.7 Å². The Labute approximate surface area is 118 Å². The third-order valence-corrected chi connectivity index (χ3v) is 3.04. The number of nitrogens with one attached hydrogen (secondary N) is 1. The van der Waals surface area contributed by atoms with Crippen LogP contribution in [0.25, 0.3) is 0 Å². The van der Waals surface area contributed by atoms with Gasteiger partial charge < -0.3 is 10.1 Å². The van der Waals surface area contributed by atoms with Gasteiger partial charge in [-0.1, -0.05) is 32.0 Å². The number of para-hydroxylation sites is 1. The van der Waals surface area contributed by atoms with Crippen molar-refractivity contribution in [3.05, 3.63) is 53.7 Å². The van der Waals surface area contributed by atoms with E-state index in [4.69, 9.17) is 4.74 Å². The molecule has 104 valence electrons. The van der Waals surface area contributed by atoms with Crippen molar-refractivity contribution in [1.29, 1.82) is 0 Å². The molecular weight excluding hydrogens is 252 g/mol. The maximum atomic E-state index is 12.3. The van der Waals surface area contributed by atoms with Crippen LogP contribution in [0.2, 0.25) is 0 Å². The molecule has 4 heteroatoms. The Morgan fingerprint density at radius 2 is 2.00 bits per heavy atom. The summed E-state index contributed by atoms with van der Waals surface area (Å²) in [6.45, 7) is 4.20. The van der Waals surface area contributed by atoms with Crippen molar-refractivity contribution in [3.8, 4) is 5.88 Å². The molecule has 1 heterocycles. The van der Waals surface area contributed by atoms with Crippen molar-refractivity contribution in [2.24, 2.45) is 0 Å². The number of aromatic nitrogens is 1. The standard InChI is InChI=1S/C16H18N2O2/c1-11(2)13-6-4-5-7-14(13)18-16(19)12-8-9-17-15(10-12)20-3/h4-11H,1-3H3,(H,18,19). The van der Waals surface area contributed by atoms with Gasteiger partial charge in [-0.3, -0.25) is 4.79 Å². The molecule has 0 atom stereocenters. The Hall–Kier alpha value is -2.36. The van der Waals surface area contributed by atoms with Crippen LogP contribution in [-0.2, 0) is 0 Å². The van der Waals surface area contributed by atoms with E-state index in [1.165, 1.54) is 7.11 Å². The van der Waals surface area contributed by atoms with Gasteiger partial charge in [-0.05, 0) is 23.6 Å². The largest absolute Gasteiger partial charge is 0.481 e. The van der Waals surface area contributed by atoms with Gasteiger partial charge in [-0.2, -0.15) is 0 Å². The fourth-order valence-electron chi connectivity index (χ4n) is 1.97. The number of rotatable bonds is 4. The fourth-order valence-corrected chi connectivity index (χ4v) is 1.97. The zero-order valence-corrected chi connectivity index (χ0v) is 11.9. The van der Waals surface area contributed by atoms with E-state index < -0.39 is 0 Å². The highest BCUT2D eigenvalue weighted by atomic mass is 16.5. The predicted octanol–water partition coefficient (Wildman–Crippen LogP) is 3.47. The van der Waals surface area contributed by atoms with E-state index in [-0.39, 0.29) is 5.91 Å². The number of ether oxygens (including phenoxy) is 1. The molecule has 0 bridgehead atoms. The first kappa shape index (κ1) is 14.1. The van der Waals surface area contributed by atoms with Gasteiger partial charge in [-0.25, -0.2) is 4.98 Å². The van der Waals surface area contributed by atoms with Crippen molar-refractivity contribution < 1.29 is 9.53 Å². The van der Waals surface area contributed by atoms with Crippen molar-refractivity contribution in [2.75, 3.05) is 12.4 Å². The second-order valence-corrected chi connectivity index (χ2v) is 4.78. The molecule has 0 fully saturated rings. The Morgan fingerprint density at radius 3 is 2.70 bits per heavy atom. The topological polar surface area (TPSA) is 51.2 Å². The molecule has 0 aliphatic rings. The quantitative estimate of drug-likeness (QED) is 0.925. The minimum atomic E-state index is -0.168. The molecule has 0 saturated carbocycles. The monoisotopic (exact) mass is 270 g/mol. The Balaban J connectivity index is 2.23. The second kappa shape index (κ2) is 6.19. The van der Waals surface area contributed by atoms with E-state index in [9.17, 15) is 4.79 Å². The van der Waals surface area contributed by atoms with E-state index in [0.717, 1.165) is 11.3 Å². The van der Waals surface area contributed by atoms with E-state index in [1.807, 2.05) is 24.3 Å². The molecule has 0 radical (unpaired) electrons. The molecule has 1 amide bonds. The number of hydrogen-bond donors (Lipinski definition) is 1. The van der Waals surface area contributed by atoms with Crippen LogP contribution in [0.5, 0.6) is 5.88 Å². The van der Waals surface area contributed by atoms with Gasteiger partial charge in [0.15, 0.2) is 0 Å². The van der Waals surface area contributed by atoms with Crippen molar-refractivity contribution in [1.82, 2.24) is 4.98 Å². The first-order valence-corrected chi connectivity index (χ1v) is 6.52. The van der Waals surface area contributed by atoms with Crippen LogP contribution in [-0.4, -0.2) is 18.0 Å². The maximum Gasteiger partial charge on any atom is 0.255 e. The average molecular weight is 270 g/mol. The number of benzene rings is 1. The first-order chi connectivity index (χ1) is 9.61. The lowest BCUT2D eigenvalue weighted by molar-refractivity contribution is 0.102. The van der Waals surface area contributed by atoms with Crippen molar-refractivity contribution >= 4 is 11.6 Å². The van der Waals surface area contributed by atoms with Gasteiger partial charge in [0.2, 0.25) is 5.88 Å². The summed E-state index contributed by atoms with van der Waals surface area (Å²) in [5, 5.41) is 2.94. The number of nitrogens with zero attached hydrogens (tertiary/aromatic N) is 1. The number of methoxy groups -OCH3 is 1. The zero-order valence-electron chi connectivity index (χ0n) is 11.9. The summed E-state index contributed by atoms with van der Waals surface area (Å²) in [4.78, 5) is 16.3. The summed E-state index contributed by atoms with van der Waals surface area (Å²) in [5.74, 6) is 0.604. The van der Waals surface area contributed by atoms with Crippen LogP contribution < -0.4 is 10.1 Å². The highest BCUT2D eigenvalue weighted by molar-refractivity contribution is 6.04. The van der Waals surface area contributed by atoms with Crippen LogP contribution in [0.15, 0.2) is 42.6 Å². The molecule has 2 aromatic rings. The number of carbonyl (C=O) groups excluding carboxylic acids is 1. The van der Waals surface area contributed by atoms with E-state index >= 15 is 0 Å². The number of carbonyl (C=O) groups is 1. The Morgan fingerprint density at radius 1 is 1.25 bits per heavy atom. The lowest BCUT2D eigenvalue weighted by Crippen LogP contribution is -2.13. The van der Waals surface area contributed by atoms with Gasteiger partial charge in [0.1, 0.15) is 0 Å². The fraction of sp³-hybridized carbons (Fsp3) is 0.250. The molecule has 0 aliphatic carbocycles. The van der Waals surface area contributed by atoms with Gasteiger partial charge >= 0.3 is 0 Å². The smallest absolute Gasteiger partial charge is 0.255 e. The Bertz CT molecular complexity index is 609. The van der Waals surface area contributed by atoms with Gasteiger partial charge in [-0.15, -0.1) is 0 Å².